The van der Waals surface area contributed by atoms with E-state index in [4.69, 9.17) is 4.74 Å². The van der Waals surface area contributed by atoms with Gasteiger partial charge < -0.3 is 20.7 Å². The lowest BCUT2D eigenvalue weighted by Crippen LogP contribution is -2.60. The van der Waals surface area contributed by atoms with Crippen LogP contribution in [-0.2, 0) is 4.79 Å². The van der Waals surface area contributed by atoms with Gasteiger partial charge in [0.25, 0.3) is 5.91 Å². The minimum atomic E-state index is -1.19. The number of amides is 1. The number of aromatic nitrogens is 3. The van der Waals surface area contributed by atoms with Gasteiger partial charge in [0, 0.05) is 28.7 Å². The first-order chi connectivity index (χ1) is 19.3. The molecule has 3 N–H and O–H groups in total. The Kier molecular flexibility index (Phi) is 7.35. The molecule has 41 heavy (non-hydrogen) atoms. The average molecular weight is 566 g/mol. The molecule has 2 aliphatic heterocycles. The van der Waals surface area contributed by atoms with E-state index in [2.05, 4.69) is 58.6 Å². The molecule has 3 aromatic rings. The van der Waals surface area contributed by atoms with Crippen LogP contribution in [-0.4, -0.2) is 56.8 Å². The number of ether oxygens (including phenoxy) is 1. The van der Waals surface area contributed by atoms with E-state index in [-0.39, 0.29) is 52.8 Å². The zero-order valence-electron chi connectivity index (χ0n) is 24.3. The molecule has 11 heteroatoms. The Morgan fingerprint density at radius 3 is 2.41 bits per heavy atom. The second-order valence-corrected chi connectivity index (χ2v) is 12.5. The molecule has 0 bridgehead atoms. The van der Waals surface area contributed by atoms with Gasteiger partial charge in [0.2, 0.25) is 5.95 Å². The summed E-state index contributed by atoms with van der Waals surface area (Å²) in [4.78, 5) is 27.5. The molecule has 2 aromatic heterocycles. The summed E-state index contributed by atoms with van der Waals surface area (Å²) in [5.41, 5.74) is -0.254. The van der Waals surface area contributed by atoms with Crippen molar-refractivity contribution in [3.8, 4) is 17.0 Å². The van der Waals surface area contributed by atoms with Crippen molar-refractivity contribution in [3.63, 3.8) is 0 Å². The molecule has 0 aliphatic carbocycles. The number of hydrogen-bond donors (Lipinski definition) is 3. The quantitative estimate of drug-likeness (QED) is 0.339. The van der Waals surface area contributed by atoms with Crippen LogP contribution < -0.4 is 25.6 Å². The third kappa shape index (κ3) is 6.09. The first-order valence-electron chi connectivity index (χ1n) is 13.8. The Bertz CT molecular complexity index is 1430. The van der Waals surface area contributed by atoms with E-state index in [1.807, 2.05) is 18.2 Å². The van der Waals surface area contributed by atoms with Crippen molar-refractivity contribution in [2.75, 3.05) is 28.8 Å². The molecular weight excluding hydrogens is 528 g/mol. The number of nitrogens with one attached hydrogen (secondary N) is 3. The summed E-state index contributed by atoms with van der Waals surface area (Å²) in [7, 11) is 0. The number of hydrogen-bond acceptors (Lipinski definition) is 8. The Labute approximate surface area is 239 Å². The minimum Gasteiger partial charge on any atom is -0.474 e. The second kappa shape index (κ2) is 10.5. The van der Waals surface area contributed by atoms with Crippen LogP contribution in [0, 0.1) is 5.82 Å². The molecule has 1 amide bonds. The predicted octanol–water partition coefficient (Wildman–Crippen LogP) is 5.62. The van der Waals surface area contributed by atoms with Crippen molar-refractivity contribution < 1.29 is 18.3 Å². The Balaban J connectivity index is 1.51. The summed E-state index contributed by atoms with van der Waals surface area (Å²) >= 11 is 0. The standard InChI is InChI=1S/C30H37F2N7O2/c1-28(2)15-20(16-29(3,4)38-28)34-24-22(32)23(18-10-8-7-9-11-18)36-27(37-24)35-19-14-21-25(33-17-19)39(13-12-31)26(40)30(5,6)41-21/h7-11,14,17,20,38H,12-13,15-16H2,1-6H3,(H2,34,35,36,37). The first kappa shape index (κ1) is 28.7. The lowest BCUT2D eigenvalue weighted by molar-refractivity contribution is -0.132. The third-order valence-corrected chi connectivity index (χ3v) is 7.21. The van der Waals surface area contributed by atoms with Crippen LogP contribution in [0.15, 0.2) is 42.6 Å². The van der Waals surface area contributed by atoms with Crippen LogP contribution in [0.2, 0.25) is 0 Å². The highest BCUT2D eigenvalue weighted by Gasteiger charge is 2.42. The molecule has 0 spiro atoms. The van der Waals surface area contributed by atoms with E-state index in [1.165, 1.54) is 11.1 Å². The maximum Gasteiger partial charge on any atom is 0.271 e. The summed E-state index contributed by atoms with van der Waals surface area (Å²) in [6, 6.07) is 10.7. The smallest absolute Gasteiger partial charge is 0.271 e. The Morgan fingerprint density at radius 1 is 1.07 bits per heavy atom. The van der Waals surface area contributed by atoms with Crippen molar-refractivity contribution in [1.82, 2.24) is 20.3 Å². The number of carbonyl (C=O) groups excluding carboxylic acids is 1. The number of piperidine rings is 1. The van der Waals surface area contributed by atoms with E-state index in [9.17, 15) is 9.18 Å². The topological polar surface area (TPSA) is 104 Å². The van der Waals surface area contributed by atoms with E-state index in [1.54, 1.807) is 32.0 Å². The number of halogens is 2. The molecule has 1 saturated heterocycles. The predicted molar refractivity (Wildman–Crippen MR) is 156 cm³/mol. The molecule has 0 unspecified atom stereocenters. The van der Waals surface area contributed by atoms with Crippen LogP contribution in [0.5, 0.6) is 5.75 Å². The fourth-order valence-corrected chi connectivity index (χ4v) is 5.95. The average Bonchev–Trinajstić information content (AvgIpc) is 2.87. The fraction of sp³-hybridized carbons (Fsp3) is 0.467. The van der Waals surface area contributed by atoms with Gasteiger partial charge >= 0.3 is 0 Å². The van der Waals surface area contributed by atoms with E-state index in [0.717, 1.165) is 12.8 Å². The van der Waals surface area contributed by atoms with E-state index in [0.29, 0.717) is 17.0 Å². The van der Waals surface area contributed by atoms with Gasteiger partial charge in [0.15, 0.2) is 28.8 Å². The third-order valence-electron chi connectivity index (χ3n) is 7.21. The number of anilines is 4. The summed E-state index contributed by atoms with van der Waals surface area (Å²) in [6.07, 6.45) is 3.04. The maximum atomic E-state index is 15.9. The summed E-state index contributed by atoms with van der Waals surface area (Å²) in [6.45, 7) is 11.0. The molecule has 4 heterocycles. The Hall–Kier alpha value is -3.86. The number of fused-ring (bicyclic) bond motifs is 1. The molecule has 2 aliphatic rings. The monoisotopic (exact) mass is 565 g/mol. The lowest BCUT2D eigenvalue weighted by atomic mass is 9.79. The highest BCUT2D eigenvalue weighted by molar-refractivity contribution is 6.01. The number of rotatable bonds is 7. The molecule has 0 saturated carbocycles. The lowest BCUT2D eigenvalue weighted by Gasteiger charge is -2.46. The largest absolute Gasteiger partial charge is 0.474 e. The van der Waals surface area contributed by atoms with Crippen LogP contribution in [0.25, 0.3) is 11.3 Å². The second-order valence-electron chi connectivity index (χ2n) is 12.5. The van der Waals surface area contributed by atoms with Crippen LogP contribution in [0.3, 0.4) is 0 Å². The van der Waals surface area contributed by atoms with Crippen molar-refractivity contribution in [3.05, 3.63) is 48.4 Å². The van der Waals surface area contributed by atoms with Crippen molar-refractivity contribution in [2.45, 2.75) is 77.1 Å². The fourth-order valence-electron chi connectivity index (χ4n) is 5.95. The van der Waals surface area contributed by atoms with Crippen molar-refractivity contribution >= 4 is 29.2 Å². The van der Waals surface area contributed by atoms with Crippen LogP contribution >= 0.6 is 0 Å². The maximum absolute atomic E-state index is 15.9. The van der Waals surface area contributed by atoms with Gasteiger partial charge in [-0.25, -0.2) is 18.7 Å². The molecule has 5 rings (SSSR count). The van der Waals surface area contributed by atoms with Gasteiger partial charge in [-0.15, -0.1) is 0 Å². The van der Waals surface area contributed by atoms with Crippen LogP contribution in [0.4, 0.5) is 32.1 Å². The van der Waals surface area contributed by atoms with Gasteiger partial charge in [0.05, 0.1) is 18.4 Å². The first-order valence-corrected chi connectivity index (χ1v) is 13.8. The molecule has 1 aromatic carbocycles. The minimum absolute atomic E-state index is 0.0257. The summed E-state index contributed by atoms with van der Waals surface area (Å²) in [5.74, 6) is -0.0938. The molecule has 0 radical (unpaired) electrons. The van der Waals surface area contributed by atoms with Gasteiger partial charge in [-0.1, -0.05) is 30.3 Å². The molecule has 1 fully saturated rings. The number of benzene rings is 1. The number of nitrogens with zero attached hydrogens (tertiary/aromatic N) is 4. The SMILES string of the molecule is CC1(C)CC(Nc2nc(Nc3cnc4c(c3)OC(C)(C)C(=O)N4CCF)nc(-c3ccccc3)c2F)CC(C)(C)N1. The van der Waals surface area contributed by atoms with Crippen molar-refractivity contribution in [1.29, 1.82) is 0 Å². The molecule has 9 nitrogen and oxygen atoms in total. The van der Waals surface area contributed by atoms with Gasteiger partial charge in [-0.2, -0.15) is 4.98 Å². The summed E-state index contributed by atoms with van der Waals surface area (Å²) < 4.78 is 35.1. The van der Waals surface area contributed by atoms with Crippen molar-refractivity contribution in [2.24, 2.45) is 0 Å². The highest BCUT2D eigenvalue weighted by Crippen LogP contribution is 2.38. The highest BCUT2D eigenvalue weighted by atomic mass is 19.1. The normalized spacial score (nSPS) is 19.3. The van der Waals surface area contributed by atoms with E-state index >= 15 is 4.39 Å². The number of alkyl halides is 1. The Morgan fingerprint density at radius 2 is 1.76 bits per heavy atom. The number of carbonyl (C=O) groups is 1. The summed E-state index contributed by atoms with van der Waals surface area (Å²) in [5, 5.41) is 10.1. The molecule has 218 valence electrons. The van der Waals surface area contributed by atoms with Gasteiger partial charge in [-0.3, -0.25) is 9.69 Å². The molecular formula is C30H37F2N7O2. The van der Waals surface area contributed by atoms with Gasteiger partial charge in [0.1, 0.15) is 12.4 Å². The van der Waals surface area contributed by atoms with Gasteiger partial charge in [-0.05, 0) is 54.4 Å². The van der Waals surface area contributed by atoms with Crippen LogP contribution in [0.1, 0.15) is 54.4 Å². The molecule has 0 atom stereocenters. The zero-order valence-corrected chi connectivity index (χ0v) is 24.3. The zero-order chi connectivity index (χ0) is 29.6. The number of pyridine rings is 1. The van der Waals surface area contributed by atoms with E-state index < -0.39 is 18.1 Å².